The molecular weight excluding hydrogens is 536 g/mol. The molecule has 0 bridgehead atoms. The number of carbonyl (C=O) groups excluding carboxylic acids is 1. The molecular formula is C30H29F2N3O4S. The normalized spacial score (nSPS) is 20.8. The molecule has 10 heteroatoms. The van der Waals surface area contributed by atoms with Crippen LogP contribution in [0.1, 0.15) is 54.6 Å². The molecule has 1 aliphatic heterocycles. The van der Waals surface area contributed by atoms with Crippen LogP contribution in [0.5, 0.6) is 0 Å². The molecule has 0 saturated carbocycles. The summed E-state index contributed by atoms with van der Waals surface area (Å²) < 4.78 is 60.0. The first kappa shape index (κ1) is 26.6. The van der Waals surface area contributed by atoms with E-state index in [0.717, 1.165) is 47.1 Å². The van der Waals surface area contributed by atoms with Crippen LogP contribution < -0.4 is 0 Å². The molecule has 4 aromatic rings. The Bertz CT molecular complexity index is 1780. The van der Waals surface area contributed by atoms with Crippen LogP contribution in [0.15, 0.2) is 77.2 Å². The molecule has 1 atom stereocenters. The maximum Gasteiger partial charge on any atom is 0.248 e. The highest BCUT2D eigenvalue weighted by Gasteiger charge is 2.40. The summed E-state index contributed by atoms with van der Waals surface area (Å²) >= 11 is 0. The van der Waals surface area contributed by atoms with E-state index >= 15 is 0 Å². The highest BCUT2D eigenvalue weighted by atomic mass is 32.2. The number of nitrogens with zero attached hydrogens (tertiary/aromatic N) is 3. The molecule has 0 radical (unpaired) electrons. The summed E-state index contributed by atoms with van der Waals surface area (Å²) in [6, 6.07) is 11.4. The van der Waals surface area contributed by atoms with Crippen molar-refractivity contribution in [2.45, 2.75) is 43.3 Å². The Balaban J connectivity index is 1.16. The van der Waals surface area contributed by atoms with Crippen LogP contribution in [0.3, 0.4) is 0 Å². The lowest BCUT2D eigenvalue weighted by molar-refractivity contribution is 0.0957. The topological polar surface area (TPSA) is 85.4 Å². The third-order valence-electron chi connectivity index (χ3n) is 8.16. The molecule has 0 amide bonds. The van der Waals surface area contributed by atoms with Gasteiger partial charge in [0.2, 0.25) is 10.0 Å². The number of likely N-dealkylation sites (tertiary alicyclic amines) is 1. The highest BCUT2D eigenvalue weighted by molar-refractivity contribution is 7.91. The predicted octanol–water partition coefficient (Wildman–Crippen LogP) is 6.12. The smallest absolute Gasteiger partial charge is 0.248 e. The quantitative estimate of drug-likeness (QED) is 0.251. The second-order valence-electron chi connectivity index (χ2n) is 10.8. The summed E-state index contributed by atoms with van der Waals surface area (Å²) in [6.45, 7) is 3.57. The Kier molecular flexibility index (Phi) is 6.70. The van der Waals surface area contributed by atoms with E-state index in [2.05, 4.69) is 10.1 Å². The molecule has 3 heterocycles. The Hall–Kier alpha value is -3.63. The van der Waals surface area contributed by atoms with Crippen LogP contribution in [-0.4, -0.2) is 52.6 Å². The van der Waals surface area contributed by atoms with Crippen molar-refractivity contribution in [2.24, 2.45) is 0 Å². The van der Waals surface area contributed by atoms with Gasteiger partial charge in [0.25, 0.3) is 0 Å². The zero-order chi connectivity index (χ0) is 28.1. The van der Waals surface area contributed by atoms with Crippen molar-refractivity contribution in [3.05, 3.63) is 89.8 Å². The van der Waals surface area contributed by atoms with E-state index in [9.17, 15) is 22.0 Å². The monoisotopic (exact) mass is 565 g/mol. The Morgan fingerprint density at radius 1 is 1.12 bits per heavy atom. The summed E-state index contributed by atoms with van der Waals surface area (Å²) in [5.41, 5.74) is 2.03. The van der Waals surface area contributed by atoms with Crippen molar-refractivity contribution in [2.75, 3.05) is 19.6 Å². The zero-order valence-electron chi connectivity index (χ0n) is 22.0. The van der Waals surface area contributed by atoms with E-state index < -0.39 is 20.6 Å². The van der Waals surface area contributed by atoms with Gasteiger partial charge in [-0.1, -0.05) is 29.4 Å². The van der Waals surface area contributed by atoms with Crippen LogP contribution in [0.4, 0.5) is 8.78 Å². The number of hydrogen-bond donors (Lipinski definition) is 0. The van der Waals surface area contributed by atoms with Gasteiger partial charge in [0.1, 0.15) is 16.4 Å². The Labute approximate surface area is 230 Å². The number of halogens is 2. The fraction of sp³-hybridized carbons (Fsp3) is 0.333. The number of fused-ring (bicyclic) bond motifs is 2. The third kappa shape index (κ3) is 4.58. The van der Waals surface area contributed by atoms with Gasteiger partial charge in [0.05, 0.1) is 11.2 Å². The SMILES string of the molecule is CC1(S(=O)(=O)n2cc(C(=O)CCN3CCC(c4noc5cc(F)ccc45)CC3)c3ccccc32)C=C(F)C=CC1. The van der Waals surface area contributed by atoms with Crippen molar-refractivity contribution < 1.29 is 26.5 Å². The lowest BCUT2D eigenvalue weighted by atomic mass is 9.91. The fourth-order valence-electron chi connectivity index (χ4n) is 5.83. The fourth-order valence-corrected chi connectivity index (χ4v) is 7.51. The van der Waals surface area contributed by atoms with E-state index in [1.165, 1.54) is 37.4 Å². The minimum absolute atomic E-state index is 0.134. The molecule has 0 N–H and O–H groups in total. The second kappa shape index (κ2) is 10.1. The molecule has 1 unspecified atom stereocenters. The number of aromatic nitrogens is 2. The molecule has 7 nitrogen and oxygen atoms in total. The van der Waals surface area contributed by atoms with Crippen molar-refractivity contribution in [1.82, 2.24) is 14.0 Å². The van der Waals surface area contributed by atoms with Gasteiger partial charge in [0, 0.05) is 47.5 Å². The average molecular weight is 566 g/mol. The first-order chi connectivity index (χ1) is 19.2. The number of ketones is 1. The molecule has 2 aromatic heterocycles. The zero-order valence-corrected chi connectivity index (χ0v) is 22.8. The Morgan fingerprint density at radius 2 is 1.90 bits per heavy atom. The molecule has 1 aliphatic carbocycles. The number of rotatable bonds is 7. The van der Waals surface area contributed by atoms with Crippen LogP contribution in [0, 0.1) is 5.82 Å². The van der Waals surface area contributed by atoms with E-state index in [-0.39, 0.29) is 30.4 Å². The van der Waals surface area contributed by atoms with Crippen LogP contribution in [0.25, 0.3) is 21.9 Å². The number of allylic oxidation sites excluding steroid dienone is 3. The molecule has 1 fully saturated rings. The third-order valence-corrected chi connectivity index (χ3v) is 10.4. The van der Waals surface area contributed by atoms with Crippen LogP contribution in [0.2, 0.25) is 0 Å². The van der Waals surface area contributed by atoms with Gasteiger partial charge in [-0.25, -0.2) is 21.2 Å². The molecule has 0 spiro atoms. The summed E-state index contributed by atoms with van der Waals surface area (Å²) in [5.74, 6) is -0.912. The maximum absolute atomic E-state index is 14.1. The summed E-state index contributed by atoms with van der Waals surface area (Å²) in [7, 11) is -4.06. The molecule has 40 heavy (non-hydrogen) atoms. The molecule has 2 aliphatic rings. The van der Waals surface area contributed by atoms with Crippen molar-refractivity contribution in [3.8, 4) is 0 Å². The number of piperidine rings is 1. The maximum atomic E-state index is 14.1. The van der Waals surface area contributed by atoms with Gasteiger partial charge in [-0.2, -0.15) is 0 Å². The first-order valence-corrected chi connectivity index (χ1v) is 14.8. The van der Waals surface area contributed by atoms with Gasteiger partial charge < -0.3 is 9.42 Å². The van der Waals surface area contributed by atoms with Crippen LogP contribution >= 0.6 is 0 Å². The van der Waals surface area contributed by atoms with Gasteiger partial charge in [-0.15, -0.1) is 0 Å². The van der Waals surface area contributed by atoms with Crippen molar-refractivity contribution >= 4 is 37.7 Å². The Morgan fingerprint density at radius 3 is 2.67 bits per heavy atom. The number of Topliss-reactive ketones (excluding diaryl/α,β-unsaturated/α-hetero) is 1. The van der Waals surface area contributed by atoms with Gasteiger partial charge >= 0.3 is 0 Å². The van der Waals surface area contributed by atoms with E-state index in [1.807, 2.05) is 0 Å². The van der Waals surface area contributed by atoms with Gasteiger partial charge in [-0.05, 0) is 69.6 Å². The number of benzene rings is 2. The summed E-state index contributed by atoms with van der Waals surface area (Å²) in [6.07, 6.45) is 7.33. The lowest BCUT2D eigenvalue weighted by Gasteiger charge is -2.30. The van der Waals surface area contributed by atoms with E-state index in [1.54, 1.807) is 30.3 Å². The first-order valence-electron chi connectivity index (χ1n) is 13.4. The molecule has 2 aromatic carbocycles. The number of para-hydroxylation sites is 1. The number of hydrogen-bond acceptors (Lipinski definition) is 6. The molecule has 1 saturated heterocycles. The lowest BCUT2D eigenvalue weighted by Crippen LogP contribution is -2.38. The van der Waals surface area contributed by atoms with Crippen LogP contribution in [-0.2, 0) is 10.0 Å². The molecule has 208 valence electrons. The van der Waals surface area contributed by atoms with E-state index in [4.69, 9.17) is 4.52 Å². The van der Waals surface area contributed by atoms with Crippen molar-refractivity contribution in [3.63, 3.8) is 0 Å². The van der Waals surface area contributed by atoms with E-state index in [0.29, 0.717) is 28.6 Å². The number of carbonyl (C=O) groups is 1. The van der Waals surface area contributed by atoms with Gasteiger partial charge in [-0.3, -0.25) is 4.79 Å². The average Bonchev–Trinajstić information content (AvgIpc) is 3.54. The van der Waals surface area contributed by atoms with Crippen molar-refractivity contribution in [1.29, 1.82) is 0 Å². The highest BCUT2D eigenvalue weighted by Crippen LogP contribution is 2.36. The van der Waals surface area contributed by atoms with Gasteiger partial charge in [0.15, 0.2) is 11.4 Å². The minimum atomic E-state index is -4.06. The summed E-state index contributed by atoms with van der Waals surface area (Å²) in [5, 5.41) is 5.59. The largest absolute Gasteiger partial charge is 0.356 e. The predicted molar refractivity (Wildman–Crippen MR) is 149 cm³/mol. The summed E-state index contributed by atoms with van der Waals surface area (Å²) in [4.78, 5) is 15.6. The molecule has 6 rings (SSSR count). The standard InChI is InChI=1S/C30H29F2N3O4S/c1-30(13-4-5-22(32)18-30)40(37,38)35-19-25(23-6-2-3-7-26(23)35)27(36)12-16-34-14-10-20(11-15-34)29-24-9-8-21(31)17-28(24)39-33-29/h2-9,17-20H,10-16H2,1H3. The minimum Gasteiger partial charge on any atom is -0.356 e. The second-order valence-corrected chi connectivity index (χ2v) is 13.1.